The van der Waals surface area contributed by atoms with Gasteiger partial charge >= 0.3 is 0 Å². The summed E-state index contributed by atoms with van der Waals surface area (Å²) in [5.41, 5.74) is 0.571. The number of rotatable bonds is 2. The minimum atomic E-state index is -0.181. The first-order valence-electron chi connectivity index (χ1n) is 6.40. The van der Waals surface area contributed by atoms with Gasteiger partial charge in [-0.25, -0.2) is 24.6 Å². The predicted octanol–water partition coefficient (Wildman–Crippen LogP) is 2.88. The van der Waals surface area contributed by atoms with Crippen LogP contribution in [0.5, 0.6) is 0 Å². The van der Waals surface area contributed by atoms with Crippen LogP contribution in [0, 0.1) is 0 Å². The SMILES string of the molecule is CC(C)(C)n1nc(Br)c2c(Nc3ncccn3)ncnc21. The molecule has 0 aromatic carbocycles. The van der Waals surface area contributed by atoms with Gasteiger partial charge in [-0.15, -0.1) is 0 Å². The normalized spacial score (nSPS) is 11.8. The van der Waals surface area contributed by atoms with E-state index in [-0.39, 0.29) is 5.54 Å². The topological polar surface area (TPSA) is 81.4 Å². The van der Waals surface area contributed by atoms with E-state index in [0.717, 1.165) is 11.0 Å². The van der Waals surface area contributed by atoms with E-state index in [9.17, 15) is 0 Å². The maximum absolute atomic E-state index is 4.51. The molecule has 8 heteroatoms. The highest BCUT2D eigenvalue weighted by Crippen LogP contribution is 2.31. The molecule has 3 aromatic rings. The zero-order valence-corrected chi connectivity index (χ0v) is 13.5. The standard InChI is InChI=1S/C13H14BrN7/c1-13(2,3)21-11-8(9(14)20-21)10(17-7-18-11)19-12-15-5-4-6-16-12/h4-7H,1-3H3,(H,15,16,17,18,19). The van der Waals surface area contributed by atoms with Crippen LogP contribution in [0.15, 0.2) is 29.4 Å². The van der Waals surface area contributed by atoms with E-state index in [2.05, 4.69) is 67.1 Å². The van der Waals surface area contributed by atoms with Crippen molar-refractivity contribution in [1.82, 2.24) is 29.7 Å². The summed E-state index contributed by atoms with van der Waals surface area (Å²) in [6.07, 6.45) is 4.84. The molecule has 0 aliphatic carbocycles. The molecule has 0 aliphatic rings. The van der Waals surface area contributed by atoms with Gasteiger partial charge in [0.05, 0.1) is 10.9 Å². The molecule has 0 radical (unpaired) electrons. The van der Waals surface area contributed by atoms with Gasteiger partial charge in [-0.3, -0.25) is 0 Å². The number of fused-ring (bicyclic) bond motifs is 1. The monoisotopic (exact) mass is 347 g/mol. The molecule has 3 aromatic heterocycles. The lowest BCUT2D eigenvalue weighted by atomic mass is 10.1. The van der Waals surface area contributed by atoms with Crippen LogP contribution in [0.25, 0.3) is 11.0 Å². The Morgan fingerprint density at radius 1 is 1.10 bits per heavy atom. The third kappa shape index (κ3) is 2.58. The summed E-state index contributed by atoms with van der Waals surface area (Å²) in [7, 11) is 0. The number of hydrogen-bond donors (Lipinski definition) is 1. The lowest BCUT2D eigenvalue weighted by Gasteiger charge is -2.19. The minimum absolute atomic E-state index is 0.181. The lowest BCUT2D eigenvalue weighted by Crippen LogP contribution is -2.23. The van der Waals surface area contributed by atoms with Gasteiger partial charge in [0.1, 0.15) is 16.7 Å². The summed E-state index contributed by atoms with van der Waals surface area (Å²) < 4.78 is 2.55. The first-order chi connectivity index (χ1) is 9.97. The van der Waals surface area contributed by atoms with Gasteiger partial charge in [-0.05, 0) is 42.8 Å². The van der Waals surface area contributed by atoms with Crippen LogP contribution >= 0.6 is 15.9 Å². The molecule has 0 spiro atoms. The van der Waals surface area contributed by atoms with E-state index >= 15 is 0 Å². The average Bonchev–Trinajstić information content (AvgIpc) is 2.79. The Hall–Kier alpha value is -2.09. The van der Waals surface area contributed by atoms with Gasteiger partial charge in [0.15, 0.2) is 5.65 Å². The van der Waals surface area contributed by atoms with Crippen molar-refractivity contribution in [3.63, 3.8) is 0 Å². The first-order valence-corrected chi connectivity index (χ1v) is 7.20. The van der Waals surface area contributed by atoms with Gasteiger partial charge in [-0.2, -0.15) is 5.10 Å². The summed E-state index contributed by atoms with van der Waals surface area (Å²) >= 11 is 3.48. The molecule has 3 rings (SSSR count). The third-order valence-corrected chi connectivity index (χ3v) is 3.41. The summed E-state index contributed by atoms with van der Waals surface area (Å²) in [5.74, 6) is 1.10. The summed E-state index contributed by atoms with van der Waals surface area (Å²) in [6.45, 7) is 6.21. The molecule has 108 valence electrons. The van der Waals surface area contributed by atoms with Crippen molar-refractivity contribution in [2.24, 2.45) is 0 Å². The molecule has 0 atom stereocenters. The highest BCUT2D eigenvalue weighted by atomic mass is 79.9. The van der Waals surface area contributed by atoms with Crippen LogP contribution in [0.4, 0.5) is 11.8 Å². The Morgan fingerprint density at radius 2 is 1.81 bits per heavy atom. The molecule has 7 nitrogen and oxygen atoms in total. The fraction of sp³-hybridized carbons (Fsp3) is 0.308. The van der Waals surface area contributed by atoms with Crippen molar-refractivity contribution >= 4 is 38.7 Å². The van der Waals surface area contributed by atoms with Crippen molar-refractivity contribution in [3.05, 3.63) is 29.4 Å². The quantitative estimate of drug-likeness (QED) is 0.767. The number of aromatic nitrogens is 6. The number of nitrogens with zero attached hydrogens (tertiary/aromatic N) is 6. The number of anilines is 2. The molecule has 0 saturated heterocycles. The Kier molecular flexibility index (Phi) is 3.32. The van der Waals surface area contributed by atoms with Gasteiger partial charge in [0.2, 0.25) is 5.95 Å². The molecular weight excluding hydrogens is 334 g/mol. The second-order valence-electron chi connectivity index (χ2n) is 5.49. The molecule has 0 unspecified atom stereocenters. The first kappa shape index (κ1) is 13.9. The van der Waals surface area contributed by atoms with Gasteiger partial charge < -0.3 is 5.32 Å². The molecule has 0 fully saturated rings. The van der Waals surface area contributed by atoms with E-state index < -0.39 is 0 Å². The third-order valence-electron chi connectivity index (χ3n) is 2.85. The van der Waals surface area contributed by atoms with Crippen LogP contribution in [0.1, 0.15) is 20.8 Å². The van der Waals surface area contributed by atoms with Gasteiger partial charge in [0.25, 0.3) is 0 Å². The fourth-order valence-electron chi connectivity index (χ4n) is 1.94. The maximum atomic E-state index is 4.51. The van der Waals surface area contributed by atoms with Crippen LogP contribution in [-0.4, -0.2) is 29.7 Å². The van der Waals surface area contributed by atoms with E-state index in [1.807, 2.05) is 4.68 Å². The summed E-state index contributed by atoms with van der Waals surface area (Å²) in [5, 5.41) is 8.41. The molecule has 0 bridgehead atoms. The highest BCUT2D eigenvalue weighted by Gasteiger charge is 2.22. The molecular formula is C13H14BrN7. The minimum Gasteiger partial charge on any atom is -0.308 e. The van der Waals surface area contributed by atoms with Crippen molar-refractivity contribution in [3.8, 4) is 0 Å². The molecule has 0 amide bonds. The molecule has 1 N–H and O–H groups in total. The number of halogens is 1. The van der Waals surface area contributed by atoms with Crippen molar-refractivity contribution < 1.29 is 0 Å². The Labute approximate surface area is 130 Å². The zero-order valence-electron chi connectivity index (χ0n) is 11.9. The van der Waals surface area contributed by atoms with E-state index in [4.69, 9.17) is 0 Å². The zero-order chi connectivity index (χ0) is 15.0. The van der Waals surface area contributed by atoms with Crippen LogP contribution in [0.2, 0.25) is 0 Å². The predicted molar refractivity (Wildman–Crippen MR) is 83.3 cm³/mol. The molecule has 3 heterocycles. The fourth-order valence-corrected chi connectivity index (χ4v) is 2.47. The second-order valence-corrected chi connectivity index (χ2v) is 6.24. The van der Waals surface area contributed by atoms with Crippen LogP contribution in [0.3, 0.4) is 0 Å². The highest BCUT2D eigenvalue weighted by molar-refractivity contribution is 9.10. The Bertz CT molecular complexity index is 776. The van der Waals surface area contributed by atoms with Crippen LogP contribution in [-0.2, 0) is 5.54 Å². The Morgan fingerprint density at radius 3 is 2.48 bits per heavy atom. The largest absolute Gasteiger partial charge is 0.308 e. The van der Waals surface area contributed by atoms with E-state index in [1.54, 1.807) is 18.5 Å². The van der Waals surface area contributed by atoms with Crippen molar-refractivity contribution in [2.75, 3.05) is 5.32 Å². The van der Waals surface area contributed by atoms with Crippen molar-refractivity contribution in [1.29, 1.82) is 0 Å². The number of nitrogens with one attached hydrogen (secondary N) is 1. The van der Waals surface area contributed by atoms with Gasteiger partial charge in [0, 0.05) is 12.4 Å². The van der Waals surface area contributed by atoms with Crippen LogP contribution < -0.4 is 5.32 Å². The van der Waals surface area contributed by atoms with Gasteiger partial charge in [-0.1, -0.05) is 0 Å². The smallest absolute Gasteiger partial charge is 0.228 e. The van der Waals surface area contributed by atoms with E-state index in [0.29, 0.717) is 16.4 Å². The summed E-state index contributed by atoms with van der Waals surface area (Å²) in [4.78, 5) is 16.9. The second kappa shape index (κ2) is 5.03. The maximum Gasteiger partial charge on any atom is 0.228 e. The average molecular weight is 348 g/mol. The molecule has 0 saturated carbocycles. The summed E-state index contributed by atoms with van der Waals surface area (Å²) in [6, 6.07) is 1.76. The number of hydrogen-bond acceptors (Lipinski definition) is 6. The molecule has 0 aliphatic heterocycles. The molecule has 21 heavy (non-hydrogen) atoms. The van der Waals surface area contributed by atoms with Crippen molar-refractivity contribution in [2.45, 2.75) is 26.3 Å². The lowest BCUT2D eigenvalue weighted by molar-refractivity contribution is 0.364. The van der Waals surface area contributed by atoms with E-state index in [1.165, 1.54) is 6.33 Å². The Balaban J connectivity index is 2.15.